The van der Waals surface area contributed by atoms with Gasteiger partial charge in [-0.2, -0.15) is 0 Å². The van der Waals surface area contributed by atoms with Crippen LogP contribution >= 0.6 is 0 Å². The Morgan fingerprint density at radius 2 is 2.05 bits per heavy atom. The van der Waals surface area contributed by atoms with Crippen molar-refractivity contribution in [3.05, 3.63) is 41.2 Å². The van der Waals surface area contributed by atoms with Crippen molar-refractivity contribution in [1.82, 2.24) is 4.72 Å². The van der Waals surface area contributed by atoms with Crippen LogP contribution in [0.15, 0.2) is 34.7 Å². The van der Waals surface area contributed by atoms with Gasteiger partial charge >= 0.3 is 5.97 Å². The van der Waals surface area contributed by atoms with Gasteiger partial charge in [-0.05, 0) is 32.0 Å². The minimum Gasteiger partial charge on any atom is -0.465 e. The molecule has 0 atom stereocenters. The molecule has 110 valence electrons. The van der Waals surface area contributed by atoms with Gasteiger partial charge in [-0.3, -0.25) is 0 Å². The number of allylic oxidation sites excluding steroid dienone is 1. The number of hydrogen-bond donors (Lipinski definition) is 1. The molecule has 0 heterocycles. The third-order valence-electron chi connectivity index (χ3n) is 2.42. The number of hydrogen-bond acceptors (Lipinski definition) is 4. The van der Waals surface area contributed by atoms with Crippen LogP contribution in [0.4, 0.5) is 4.39 Å². The van der Waals surface area contributed by atoms with Crippen molar-refractivity contribution in [3.8, 4) is 0 Å². The molecule has 0 aromatic heterocycles. The summed E-state index contributed by atoms with van der Waals surface area (Å²) in [6.45, 7) is 3.69. The van der Waals surface area contributed by atoms with Crippen LogP contribution in [0.25, 0.3) is 0 Å². The Labute approximate surface area is 117 Å². The highest BCUT2D eigenvalue weighted by Crippen LogP contribution is 2.18. The van der Waals surface area contributed by atoms with E-state index >= 15 is 0 Å². The van der Waals surface area contributed by atoms with Crippen LogP contribution in [-0.2, 0) is 14.8 Å². The van der Waals surface area contributed by atoms with Gasteiger partial charge in [0, 0.05) is 6.54 Å². The number of nitrogens with one attached hydrogen (secondary N) is 1. The third kappa shape index (κ3) is 4.14. The second kappa shape index (κ2) is 6.62. The number of carbonyl (C=O) groups excluding carboxylic acids is 1. The maximum Gasteiger partial charge on any atom is 0.339 e. The number of halogens is 1. The zero-order chi connectivity index (χ0) is 15.3. The fraction of sp³-hybridized carbons (Fsp3) is 0.308. The molecule has 0 spiro atoms. The molecule has 0 amide bonds. The molecule has 20 heavy (non-hydrogen) atoms. The first-order valence-corrected chi connectivity index (χ1v) is 7.27. The normalized spacial score (nSPS) is 11.0. The van der Waals surface area contributed by atoms with Crippen LogP contribution in [0.3, 0.4) is 0 Å². The van der Waals surface area contributed by atoms with E-state index in [0.29, 0.717) is 0 Å². The molecule has 1 N–H and O–H groups in total. The van der Waals surface area contributed by atoms with Crippen molar-refractivity contribution < 1.29 is 22.3 Å². The molecule has 0 aliphatic carbocycles. The number of rotatable bonds is 5. The highest BCUT2D eigenvalue weighted by Gasteiger charge is 2.23. The Hall–Kier alpha value is -1.73. The summed E-state index contributed by atoms with van der Waals surface area (Å²) in [5, 5.41) is 0. The Balaban J connectivity index is 3.19. The lowest BCUT2D eigenvalue weighted by Crippen LogP contribution is -2.26. The van der Waals surface area contributed by atoms with Gasteiger partial charge in [0.15, 0.2) is 0 Å². The quantitative estimate of drug-likeness (QED) is 0.665. The van der Waals surface area contributed by atoms with Crippen LogP contribution in [-0.4, -0.2) is 28.0 Å². The van der Waals surface area contributed by atoms with E-state index in [-0.39, 0.29) is 12.1 Å². The largest absolute Gasteiger partial charge is 0.465 e. The summed E-state index contributed by atoms with van der Waals surface area (Å²) in [7, 11) is -2.88. The first-order valence-electron chi connectivity index (χ1n) is 5.79. The smallest absolute Gasteiger partial charge is 0.339 e. The fourth-order valence-electron chi connectivity index (χ4n) is 1.43. The SMILES string of the molecule is COC(=O)c1ccc(F)cc1S(=O)(=O)NCC=C(C)C. The fourth-order valence-corrected chi connectivity index (χ4v) is 2.60. The maximum atomic E-state index is 13.2. The van der Waals surface area contributed by atoms with Gasteiger partial charge in [0.2, 0.25) is 10.0 Å². The van der Waals surface area contributed by atoms with Crippen LogP contribution in [0.5, 0.6) is 0 Å². The number of benzene rings is 1. The van der Waals surface area contributed by atoms with Crippen LogP contribution in [0.1, 0.15) is 24.2 Å². The van der Waals surface area contributed by atoms with Gasteiger partial charge in [0.1, 0.15) is 5.82 Å². The third-order valence-corrected chi connectivity index (χ3v) is 3.89. The van der Waals surface area contributed by atoms with Crippen LogP contribution in [0.2, 0.25) is 0 Å². The van der Waals surface area contributed by atoms with E-state index in [1.807, 2.05) is 13.8 Å². The summed E-state index contributed by atoms with van der Waals surface area (Å²) in [5.74, 6) is -1.59. The number of methoxy groups -OCH3 is 1. The maximum absolute atomic E-state index is 13.2. The zero-order valence-corrected chi connectivity index (χ0v) is 12.3. The van der Waals surface area contributed by atoms with Gasteiger partial charge in [-0.25, -0.2) is 22.3 Å². The van der Waals surface area contributed by atoms with Crippen LogP contribution < -0.4 is 4.72 Å². The highest BCUT2D eigenvalue weighted by molar-refractivity contribution is 7.89. The lowest BCUT2D eigenvalue weighted by atomic mass is 10.2. The Kier molecular flexibility index (Phi) is 5.41. The van der Waals surface area contributed by atoms with Gasteiger partial charge in [-0.1, -0.05) is 11.6 Å². The van der Waals surface area contributed by atoms with E-state index in [9.17, 15) is 17.6 Å². The van der Waals surface area contributed by atoms with Crippen molar-refractivity contribution in [3.63, 3.8) is 0 Å². The van der Waals surface area contributed by atoms with Crippen molar-refractivity contribution in [2.24, 2.45) is 0 Å². The molecule has 0 bridgehead atoms. The molecule has 1 aromatic carbocycles. The monoisotopic (exact) mass is 301 g/mol. The molecule has 0 aliphatic heterocycles. The summed E-state index contributed by atoms with van der Waals surface area (Å²) in [6.07, 6.45) is 1.66. The molecule has 0 aliphatic rings. The molecule has 0 saturated carbocycles. The van der Waals surface area contributed by atoms with Crippen LogP contribution in [0, 0.1) is 5.82 Å². The Bertz CT molecular complexity index is 634. The first kappa shape index (κ1) is 16.3. The highest BCUT2D eigenvalue weighted by atomic mass is 32.2. The Morgan fingerprint density at radius 1 is 1.40 bits per heavy atom. The predicted molar refractivity (Wildman–Crippen MR) is 72.4 cm³/mol. The minimum absolute atomic E-state index is 0.0573. The molecule has 5 nitrogen and oxygen atoms in total. The number of carbonyl (C=O) groups is 1. The summed E-state index contributed by atoms with van der Waals surface area (Å²) in [4.78, 5) is 11.1. The molecule has 0 saturated heterocycles. The number of ether oxygens (including phenoxy) is 1. The number of esters is 1. The zero-order valence-electron chi connectivity index (χ0n) is 11.4. The van der Waals surface area contributed by atoms with E-state index in [2.05, 4.69) is 9.46 Å². The topological polar surface area (TPSA) is 72.5 Å². The summed E-state index contributed by atoms with van der Waals surface area (Å²) in [5.41, 5.74) is 0.721. The molecular formula is C13H16FNO4S. The minimum atomic E-state index is -4.00. The molecule has 0 radical (unpaired) electrons. The van der Waals surface area contributed by atoms with Gasteiger partial charge in [-0.15, -0.1) is 0 Å². The first-order chi connectivity index (χ1) is 9.27. The van der Waals surface area contributed by atoms with Crippen molar-refractivity contribution >= 4 is 16.0 Å². The predicted octanol–water partition coefficient (Wildman–Crippen LogP) is 1.86. The van der Waals surface area contributed by atoms with Gasteiger partial charge in [0.05, 0.1) is 17.6 Å². The lowest BCUT2D eigenvalue weighted by Gasteiger charge is -2.09. The molecule has 0 unspecified atom stereocenters. The van der Waals surface area contributed by atoms with Gasteiger partial charge < -0.3 is 4.74 Å². The molecule has 1 rings (SSSR count). The van der Waals surface area contributed by atoms with E-state index in [1.54, 1.807) is 6.08 Å². The Morgan fingerprint density at radius 3 is 2.60 bits per heavy atom. The lowest BCUT2D eigenvalue weighted by molar-refractivity contribution is 0.0596. The molecule has 7 heteroatoms. The van der Waals surface area contributed by atoms with Crippen molar-refractivity contribution in [1.29, 1.82) is 0 Å². The van der Waals surface area contributed by atoms with E-state index in [0.717, 1.165) is 30.9 Å². The summed E-state index contributed by atoms with van der Waals surface area (Å²) >= 11 is 0. The average molecular weight is 301 g/mol. The number of sulfonamides is 1. The van der Waals surface area contributed by atoms with E-state index < -0.39 is 26.7 Å². The average Bonchev–Trinajstić information content (AvgIpc) is 2.37. The van der Waals surface area contributed by atoms with Crippen molar-refractivity contribution in [2.75, 3.05) is 13.7 Å². The second-order valence-corrected chi connectivity index (χ2v) is 6.00. The molecule has 1 aromatic rings. The van der Waals surface area contributed by atoms with Gasteiger partial charge in [0.25, 0.3) is 0 Å². The summed E-state index contributed by atoms with van der Waals surface area (Å²) in [6, 6.07) is 2.87. The standard InChI is InChI=1S/C13H16FNO4S/c1-9(2)6-7-15-20(17,18)12-8-10(14)4-5-11(12)13(16)19-3/h4-6,8,15H,7H2,1-3H3. The van der Waals surface area contributed by atoms with E-state index in [4.69, 9.17) is 0 Å². The van der Waals surface area contributed by atoms with E-state index in [1.165, 1.54) is 0 Å². The molecular weight excluding hydrogens is 285 g/mol. The van der Waals surface area contributed by atoms with Crippen molar-refractivity contribution in [2.45, 2.75) is 18.7 Å². The summed E-state index contributed by atoms with van der Waals surface area (Å²) < 4.78 is 44.2. The molecule has 0 fully saturated rings. The second-order valence-electron chi connectivity index (χ2n) is 4.27.